The highest BCUT2D eigenvalue weighted by molar-refractivity contribution is 5.85. The molecule has 6 rings (SSSR count). The fourth-order valence-electron chi connectivity index (χ4n) is 6.75. The van der Waals surface area contributed by atoms with E-state index in [0.29, 0.717) is 23.8 Å². The van der Waals surface area contributed by atoms with Crippen LogP contribution in [0.1, 0.15) is 55.9 Å². The normalized spacial score (nSPS) is 24.7. The van der Waals surface area contributed by atoms with Crippen molar-refractivity contribution in [3.05, 3.63) is 88.7 Å². The van der Waals surface area contributed by atoms with Crippen molar-refractivity contribution in [3.63, 3.8) is 0 Å². The first-order valence-electron chi connectivity index (χ1n) is 13.2. The van der Waals surface area contributed by atoms with Crippen LogP contribution < -0.4 is 9.47 Å². The molecule has 3 aromatic rings. The largest absolute Gasteiger partial charge is 0.497 e. The van der Waals surface area contributed by atoms with Gasteiger partial charge in [-0.05, 0) is 100 Å². The summed E-state index contributed by atoms with van der Waals surface area (Å²) in [5, 5.41) is 0. The molecule has 4 heteroatoms. The van der Waals surface area contributed by atoms with Gasteiger partial charge >= 0.3 is 0 Å². The van der Waals surface area contributed by atoms with Crippen molar-refractivity contribution < 1.29 is 18.7 Å². The molecule has 3 unspecified atom stereocenters. The first-order valence-corrected chi connectivity index (χ1v) is 13.2. The number of carbonyl (C=O) groups is 1. The molecule has 0 bridgehead atoms. The van der Waals surface area contributed by atoms with Gasteiger partial charge in [0.1, 0.15) is 30.2 Å². The van der Waals surface area contributed by atoms with Crippen molar-refractivity contribution in [2.45, 2.75) is 52.1 Å². The van der Waals surface area contributed by atoms with E-state index >= 15 is 4.39 Å². The second kappa shape index (κ2) is 8.58. The van der Waals surface area contributed by atoms with Gasteiger partial charge in [-0.25, -0.2) is 4.39 Å². The maximum absolute atomic E-state index is 15.0. The van der Waals surface area contributed by atoms with Gasteiger partial charge in [0.05, 0.1) is 7.11 Å². The Bertz CT molecular complexity index is 1440. The number of carbonyl (C=O) groups excluding carboxylic acids is 1. The van der Waals surface area contributed by atoms with Gasteiger partial charge in [0, 0.05) is 16.9 Å². The first kappa shape index (κ1) is 24.0. The zero-order valence-electron chi connectivity index (χ0n) is 21.9. The summed E-state index contributed by atoms with van der Waals surface area (Å²) in [5.41, 5.74) is 7.39. The maximum Gasteiger partial charge on any atom is 0.131 e. The third kappa shape index (κ3) is 3.72. The second-order valence-corrected chi connectivity index (χ2v) is 11.5. The Morgan fingerprint density at radius 3 is 2.51 bits per heavy atom. The van der Waals surface area contributed by atoms with Crippen LogP contribution in [0.5, 0.6) is 11.5 Å². The number of ether oxygens (including phenoxy) is 2. The summed E-state index contributed by atoms with van der Waals surface area (Å²) in [6.45, 7) is 7.09. The Morgan fingerprint density at radius 1 is 1.00 bits per heavy atom. The number of halogens is 1. The number of fused-ring (bicyclic) bond motifs is 2. The third-order valence-corrected chi connectivity index (χ3v) is 9.14. The molecule has 1 fully saturated rings. The summed E-state index contributed by atoms with van der Waals surface area (Å²) in [5.74, 6) is 1.73. The predicted molar refractivity (Wildman–Crippen MR) is 144 cm³/mol. The lowest BCUT2D eigenvalue weighted by Gasteiger charge is -2.32. The number of benzene rings is 3. The third-order valence-electron chi connectivity index (χ3n) is 9.14. The second-order valence-electron chi connectivity index (χ2n) is 11.5. The van der Waals surface area contributed by atoms with Crippen LogP contribution in [0.2, 0.25) is 0 Å². The highest BCUT2D eigenvalue weighted by Crippen LogP contribution is 2.67. The van der Waals surface area contributed by atoms with Gasteiger partial charge in [0.2, 0.25) is 0 Å². The van der Waals surface area contributed by atoms with Crippen LogP contribution >= 0.6 is 0 Å². The zero-order valence-corrected chi connectivity index (χ0v) is 21.9. The van der Waals surface area contributed by atoms with E-state index in [9.17, 15) is 4.79 Å². The number of allylic oxidation sites excluding steroid dienone is 2. The van der Waals surface area contributed by atoms with E-state index in [0.717, 1.165) is 48.0 Å². The van der Waals surface area contributed by atoms with Gasteiger partial charge in [0.25, 0.3) is 0 Å². The van der Waals surface area contributed by atoms with Crippen molar-refractivity contribution in [1.29, 1.82) is 0 Å². The molecule has 3 atom stereocenters. The molecule has 3 aromatic carbocycles. The molecule has 3 nitrogen and oxygen atoms in total. The van der Waals surface area contributed by atoms with Crippen molar-refractivity contribution in [2.75, 3.05) is 7.11 Å². The fraction of sp³-hybridized carbons (Fsp3) is 0.364. The molecule has 37 heavy (non-hydrogen) atoms. The lowest BCUT2D eigenvalue weighted by Crippen LogP contribution is -2.28. The van der Waals surface area contributed by atoms with Crippen LogP contribution in [0.3, 0.4) is 0 Å². The van der Waals surface area contributed by atoms with Crippen LogP contribution in [0.25, 0.3) is 16.7 Å². The molecule has 0 heterocycles. The van der Waals surface area contributed by atoms with E-state index in [1.54, 1.807) is 19.2 Å². The summed E-state index contributed by atoms with van der Waals surface area (Å²) >= 11 is 0. The van der Waals surface area contributed by atoms with Gasteiger partial charge < -0.3 is 14.3 Å². The lowest BCUT2D eigenvalue weighted by molar-refractivity contribution is -0.109. The minimum Gasteiger partial charge on any atom is -0.497 e. The molecule has 0 N–H and O–H groups in total. The van der Waals surface area contributed by atoms with Crippen molar-refractivity contribution >= 4 is 11.9 Å². The van der Waals surface area contributed by atoms with Crippen molar-refractivity contribution in [2.24, 2.45) is 17.3 Å². The highest BCUT2D eigenvalue weighted by atomic mass is 19.1. The monoisotopic (exact) mass is 496 g/mol. The van der Waals surface area contributed by atoms with Crippen LogP contribution in [-0.4, -0.2) is 13.4 Å². The van der Waals surface area contributed by atoms with Gasteiger partial charge in [-0.15, -0.1) is 0 Å². The Morgan fingerprint density at radius 2 is 1.81 bits per heavy atom. The Kier molecular flexibility index (Phi) is 5.56. The van der Waals surface area contributed by atoms with Crippen LogP contribution in [0.4, 0.5) is 4.39 Å². The number of rotatable bonds is 7. The molecule has 190 valence electrons. The van der Waals surface area contributed by atoms with Gasteiger partial charge in [-0.1, -0.05) is 45.0 Å². The van der Waals surface area contributed by atoms with E-state index in [4.69, 9.17) is 9.47 Å². The van der Waals surface area contributed by atoms with E-state index in [1.807, 2.05) is 18.2 Å². The van der Waals surface area contributed by atoms with Crippen LogP contribution in [-0.2, 0) is 23.2 Å². The van der Waals surface area contributed by atoms with E-state index in [2.05, 4.69) is 45.0 Å². The van der Waals surface area contributed by atoms with Gasteiger partial charge in [0.15, 0.2) is 0 Å². The summed E-state index contributed by atoms with van der Waals surface area (Å²) in [4.78, 5) is 11.5. The number of aldehydes is 1. The minimum atomic E-state index is -0.263. The quantitative estimate of drug-likeness (QED) is 0.317. The molecule has 1 saturated carbocycles. The van der Waals surface area contributed by atoms with Crippen molar-refractivity contribution in [1.82, 2.24) is 0 Å². The summed E-state index contributed by atoms with van der Waals surface area (Å²) in [6.07, 6.45) is 6.48. The topological polar surface area (TPSA) is 35.5 Å². The predicted octanol–water partition coefficient (Wildman–Crippen LogP) is 7.54. The average molecular weight is 497 g/mol. The Hall–Kier alpha value is -3.40. The summed E-state index contributed by atoms with van der Waals surface area (Å²) in [7, 11) is 1.60. The number of hydrogen-bond acceptors (Lipinski definition) is 3. The maximum atomic E-state index is 15.0. The highest BCUT2D eigenvalue weighted by Gasteiger charge is 2.67. The molecule has 0 amide bonds. The van der Waals surface area contributed by atoms with Crippen LogP contribution in [0, 0.1) is 23.1 Å². The molecule has 0 radical (unpaired) electrons. The molecular weight excluding hydrogens is 463 g/mol. The Labute approximate surface area is 218 Å². The van der Waals surface area contributed by atoms with Crippen LogP contribution in [0.15, 0.2) is 60.7 Å². The van der Waals surface area contributed by atoms with E-state index < -0.39 is 0 Å². The number of methoxy groups -OCH3 is 1. The van der Waals surface area contributed by atoms with Gasteiger partial charge in [-0.2, -0.15) is 0 Å². The molecule has 1 spiro atoms. The zero-order chi connectivity index (χ0) is 25.9. The molecule has 0 aliphatic heterocycles. The smallest absolute Gasteiger partial charge is 0.131 e. The molecule has 3 aliphatic rings. The van der Waals surface area contributed by atoms with E-state index in [1.165, 1.54) is 22.8 Å². The molecular formula is C33H33FO3. The fourth-order valence-corrected chi connectivity index (χ4v) is 6.75. The minimum absolute atomic E-state index is 0.00963. The SMILES string of the molecule is COc1ccc(F)c(-c2ccc(COc3ccc4c(c3)C3(C4)C(C)C3C=O)cc2C2=CCCC2(C)C)c1. The number of hydrogen-bond donors (Lipinski definition) is 0. The first-order chi connectivity index (χ1) is 17.8. The standard InChI is InChI=1S/C33H33FO3/c1-20-30(18-35)33(20)17-22-8-9-24(16-29(22)33)37-19-21-7-11-25(27-15-23(36-4)10-12-31(27)34)26(14-21)28-6-5-13-32(28,2)3/h6-12,14-16,18,20,30H,5,13,17,19H2,1-4H3. The van der Waals surface area contributed by atoms with E-state index in [-0.39, 0.29) is 22.6 Å². The summed E-state index contributed by atoms with van der Waals surface area (Å²) in [6, 6.07) is 17.4. The average Bonchev–Trinajstić information content (AvgIpc) is 3.34. The van der Waals surface area contributed by atoms with Crippen molar-refractivity contribution in [3.8, 4) is 22.6 Å². The van der Waals surface area contributed by atoms with Gasteiger partial charge in [-0.3, -0.25) is 0 Å². The molecule has 3 aliphatic carbocycles. The molecule has 0 saturated heterocycles. The molecule has 0 aromatic heterocycles. The Balaban J connectivity index is 1.31. The summed E-state index contributed by atoms with van der Waals surface area (Å²) < 4.78 is 26.7. The lowest BCUT2D eigenvalue weighted by atomic mass is 9.72.